The Bertz CT molecular complexity index is 752. The highest BCUT2D eigenvalue weighted by Crippen LogP contribution is 2.36. The Hall–Kier alpha value is -2.94. The summed E-state index contributed by atoms with van der Waals surface area (Å²) in [5.74, 6) is 1.86. The zero-order valence-electron chi connectivity index (χ0n) is 12.4. The molecule has 0 spiro atoms. The maximum Gasteiger partial charge on any atom is 0.434 e. The van der Waals surface area contributed by atoms with Crippen LogP contribution < -0.4 is 5.32 Å². The Labute approximate surface area is 135 Å². The predicted octanol–water partition coefficient (Wildman–Crippen LogP) is 2.67. The largest absolute Gasteiger partial charge is 0.434 e. The fourth-order valence-electron chi connectivity index (χ4n) is 2.05. The van der Waals surface area contributed by atoms with E-state index in [0.29, 0.717) is 19.3 Å². The molecule has 0 saturated heterocycles. The molecule has 0 fully saturated rings. The van der Waals surface area contributed by atoms with E-state index in [2.05, 4.69) is 26.4 Å². The average Bonchev–Trinajstić information content (AvgIpc) is 3.31. The molecule has 1 N–H and O–H groups in total. The van der Waals surface area contributed by atoms with Crippen molar-refractivity contribution in [3.05, 3.63) is 29.1 Å². The van der Waals surface area contributed by atoms with Gasteiger partial charge in [0.2, 0.25) is 0 Å². The maximum atomic E-state index is 12.7. The number of terminal acetylenes is 1. The highest BCUT2D eigenvalue weighted by molar-refractivity contribution is 5.94. The highest BCUT2D eigenvalue weighted by Gasteiger charge is 2.39. The van der Waals surface area contributed by atoms with Gasteiger partial charge in [-0.3, -0.25) is 4.79 Å². The number of hydrogen-bond acceptors (Lipinski definition) is 5. The Balaban J connectivity index is 1.96. The fourth-order valence-corrected chi connectivity index (χ4v) is 2.05. The van der Waals surface area contributed by atoms with Crippen molar-refractivity contribution in [1.82, 2.24) is 10.3 Å². The first-order valence-electron chi connectivity index (χ1n) is 6.94. The number of nitrogens with zero attached hydrogens (tertiary/aromatic N) is 4. The Morgan fingerprint density at radius 1 is 1.38 bits per heavy atom. The molecule has 9 heteroatoms. The summed E-state index contributed by atoms with van der Waals surface area (Å²) in [6.07, 6.45) is 2.75. The number of hydrogen-bond donors (Lipinski definition) is 1. The van der Waals surface area contributed by atoms with Gasteiger partial charge in [0, 0.05) is 32.0 Å². The number of rotatable bonds is 6. The van der Waals surface area contributed by atoms with Gasteiger partial charge < -0.3 is 5.32 Å². The summed E-state index contributed by atoms with van der Waals surface area (Å²) in [7, 11) is 0. The number of carbonyl (C=O) groups is 1. The first-order chi connectivity index (χ1) is 11.3. The monoisotopic (exact) mass is 335 g/mol. The minimum Gasteiger partial charge on any atom is -0.352 e. The van der Waals surface area contributed by atoms with Crippen LogP contribution >= 0.6 is 0 Å². The smallest absolute Gasteiger partial charge is 0.352 e. The van der Waals surface area contributed by atoms with E-state index in [1.54, 1.807) is 0 Å². The molecule has 2 heterocycles. The van der Waals surface area contributed by atoms with Crippen LogP contribution in [-0.2, 0) is 6.18 Å². The summed E-state index contributed by atoms with van der Waals surface area (Å²) in [5.41, 5.74) is -2.70. The third kappa shape index (κ3) is 4.07. The number of aromatic nitrogens is 1. The summed E-state index contributed by atoms with van der Waals surface area (Å²) < 4.78 is 38.0. The van der Waals surface area contributed by atoms with E-state index < -0.39 is 29.0 Å². The van der Waals surface area contributed by atoms with E-state index in [-0.39, 0.29) is 12.1 Å². The molecule has 24 heavy (non-hydrogen) atoms. The van der Waals surface area contributed by atoms with E-state index in [0.717, 1.165) is 12.3 Å². The zero-order chi connectivity index (χ0) is 17.8. The van der Waals surface area contributed by atoms with Crippen LogP contribution in [0.15, 0.2) is 22.5 Å². The van der Waals surface area contributed by atoms with Crippen LogP contribution in [0.25, 0.3) is 0 Å². The molecule has 0 radical (unpaired) electrons. The third-order valence-corrected chi connectivity index (χ3v) is 3.40. The molecule has 1 aliphatic heterocycles. The molecule has 0 saturated carbocycles. The van der Waals surface area contributed by atoms with Gasteiger partial charge in [-0.25, -0.2) is 4.98 Å². The number of pyridine rings is 1. The molecule has 1 aromatic heterocycles. The number of carbonyl (C=O) groups excluding carboxylic acids is 1. The second-order valence-corrected chi connectivity index (χ2v) is 5.12. The van der Waals surface area contributed by atoms with E-state index in [1.807, 2.05) is 0 Å². The topological polar surface area (TPSA) is 90.5 Å². The molecule has 1 aromatic rings. The summed E-state index contributed by atoms with van der Waals surface area (Å²) in [5, 5.41) is 19.1. The number of halogens is 3. The van der Waals surface area contributed by atoms with Crippen molar-refractivity contribution in [2.45, 2.75) is 31.1 Å². The van der Waals surface area contributed by atoms with Gasteiger partial charge in [0.25, 0.3) is 5.91 Å². The zero-order valence-corrected chi connectivity index (χ0v) is 12.4. The minimum absolute atomic E-state index is 0.123. The van der Waals surface area contributed by atoms with Crippen LogP contribution in [0.4, 0.5) is 13.2 Å². The van der Waals surface area contributed by atoms with Crippen molar-refractivity contribution in [2.75, 3.05) is 6.54 Å². The fraction of sp³-hybridized carbons (Fsp3) is 0.400. The van der Waals surface area contributed by atoms with E-state index in [9.17, 15) is 18.0 Å². The second kappa shape index (κ2) is 6.67. The Morgan fingerprint density at radius 2 is 2.08 bits per heavy atom. The third-order valence-electron chi connectivity index (χ3n) is 3.40. The quantitative estimate of drug-likeness (QED) is 0.810. The number of nitriles is 1. The number of amides is 1. The van der Waals surface area contributed by atoms with Crippen LogP contribution in [0.1, 0.15) is 40.9 Å². The van der Waals surface area contributed by atoms with Crippen LogP contribution in [0.2, 0.25) is 0 Å². The number of alkyl halides is 3. The normalized spacial score (nSPS) is 14.5. The molecule has 124 valence electrons. The molecule has 1 amide bonds. The lowest BCUT2D eigenvalue weighted by Gasteiger charge is -2.11. The number of nitrogens with one attached hydrogen (secondary N) is 1. The van der Waals surface area contributed by atoms with Gasteiger partial charge in [-0.15, -0.1) is 12.3 Å². The van der Waals surface area contributed by atoms with Gasteiger partial charge in [0.1, 0.15) is 6.07 Å². The molecule has 0 aromatic carbocycles. The SMILES string of the molecule is C#CCCC1(CCNC(=O)c2cnc(C(F)(F)F)c(C#N)c2)N=N1. The van der Waals surface area contributed by atoms with Gasteiger partial charge in [0.05, 0.1) is 11.1 Å². The maximum absolute atomic E-state index is 12.7. The molecular weight excluding hydrogens is 323 g/mol. The van der Waals surface area contributed by atoms with Gasteiger partial charge in [-0.05, 0) is 6.07 Å². The lowest BCUT2D eigenvalue weighted by molar-refractivity contribution is -0.141. The lowest BCUT2D eigenvalue weighted by atomic mass is 10.0. The summed E-state index contributed by atoms with van der Waals surface area (Å²) in [4.78, 5) is 15.1. The van der Waals surface area contributed by atoms with Crippen molar-refractivity contribution < 1.29 is 18.0 Å². The van der Waals surface area contributed by atoms with E-state index in [4.69, 9.17) is 11.7 Å². The van der Waals surface area contributed by atoms with Crippen molar-refractivity contribution in [1.29, 1.82) is 5.26 Å². The van der Waals surface area contributed by atoms with E-state index >= 15 is 0 Å². The molecule has 1 aliphatic rings. The van der Waals surface area contributed by atoms with Crippen LogP contribution in [0.5, 0.6) is 0 Å². The highest BCUT2D eigenvalue weighted by atomic mass is 19.4. The van der Waals surface area contributed by atoms with Crippen molar-refractivity contribution in [2.24, 2.45) is 10.2 Å². The molecule has 0 unspecified atom stereocenters. The average molecular weight is 335 g/mol. The van der Waals surface area contributed by atoms with Gasteiger partial charge in [-0.2, -0.15) is 28.7 Å². The predicted molar refractivity (Wildman–Crippen MR) is 76.6 cm³/mol. The first kappa shape index (κ1) is 17.4. The van der Waals surface area contributed by atoms with Gasteiger partial charge in [0.15, 0.2) is 11.4 Å². The van der Waals surface area contributed by atoms with Crippen LogP contribution in [-0.4, -0.2) is 23.1 Å². The first-order valence-corrected chi connectivity index (χ1v) is 6.94. The van der Waals surface area contributed by atoms with Crippen LogP contribution in [0.3, 0.4) is 0 Å². The van der Waals surface area contributed by atoms with Crippen molar-refractivity contribution >= 4 is 5.91 Å². The molecule has 0 atom stereocenters. The van der Waals surface area contributed by atoms with Crippen molar-refractivity contribution in [3.8, 4) is 18.4 Å². The molecule has 0 aliphatic carbocycles. The molecular formula is C15H12F3N5O. The lowest BCUT2D eigenvalue weighted by Crippen LogP contribution is -2.28. The van der Waals surface area contributed by atoms with Crippen molar-refractivity contribution in [3.63, 3.8) is 0 Å². The Morgan fingerprint density at radius 3 is 2.62 bits per heavy atom. The van der Waals surface area contributed by atoms with Gasteiger partial charge >= 0.3 is 6.18 Å². The molecule has 0 bridgehead atoms. The molecule has 6 nitrogen and oxygen atoms in total. The van der Waals surface area contributed by atoms with Crippen LogP contribution in [0, 0.1) is 23.7 Å². The Kier molecular flexibility index (Phi) is 4.84. The summed E-state index contributed by atoms with van der Waals surface area (Å²) in [6.45, 7) is 0.222. The second-order valence-electron chi connectivity index (χ2n) is 5.12. The molecule has 2 rings (SSSR count). The van der Waals surface area contributed by atoms with Gasteiger partial charge in [-0.1, -0.05) is 0 Å². The van der Waals surface area contributed by atoms with E-state index in [1.165, 1.54) is 6.07 Å². The standard InChI is InChI=1S/C15H12F3N5O/c1-2-3-4-14(22-23-14)5-6-20-13(24)11-7-10(8-19)12(21-9-11)15(16,17)18/h1,7,9H,3-6H2,(H,20,24). The minimum atomic E-state index is -4.75. The summed E-state index contributed by atoms with van der Waals surface area (Å²) in [6, 6.07) is 2.27. The summed E-state index contributed by atoms with van der Waals surface area (Å²) >= 11 is 0.